The van der Waals surface area contributed by atoms with Crippen molar-refractivity contribution in [3.05, 3.63) is 0 Å². The van der Waals surface area contributed by atoms with Crippen molar-refractivity contribution >= 4 is 11.8 Å². The molecule has 0 saturated heterocycles. The van der Waals surface area contributed by atoms with Crippen molar-refractivity contribution in [2.45, 2.75) is 58.3 Å². The number of unbranched alkanes of at least 4 members (excludes halogenated alkanes) is 4. The van der Waals surface area contributed by atoms with Crippen LogP contribution in [0.3, 0.4) is 0 Å². The van der Waals surface area contributed by atoms with Crippen molar-refractivity contribution in [1.82, 2.24) is 0 Å². The number of Topliss-reactive ketones (excluding diaryl/α,β-unsaturated/α-hetero) is 1. The van der Waals surface area contributed by atoms with E-state index >= 15 is 0 Å². The number of hydrogen-bond donors (Lipinski definition) is 2. The van der Waals surface area contributed by atoms with Gasteiger partial charge in [-0.3, -0.25) is 9.59 Å². The topological polar surface area (TPSA) is 74.6 Å². The maximum absolute atomic E-state index is 11.5. The molecule has 0 aliphatic heterocycles. The first-order valence-corrected chi connectivity index (χ1v) is 6.94. The van der Waals surface area contributed by atoms with E-state index in [9.17, 15) is 9.59 Å². The van der Waals surface area contributed by atoms with Gasteiger partial charge in [0, 0.05) is 0 Å². The minimum absolute atomic E-state index is 0.349. The minimum atomic E-state index is -1.07. The van der Waals surface area contributed by atoms with E-state index in [-0.39, 0.29) is 5.41 Å². The van der Waals surface area contributed by atoms with E-state index in [1.165, 1.54) is 19.3 Å². The highest BCUT2D eigenvalue weighted by Gasteiger charge is 2.54. The zero-order valence-electron chi connectivity index (χ0n) is 11.2. The van der Waals surface area contributed by atoms with Crippen molar-refractivity contribution < 1.29 is 19.8 Å². The standard InChI is InChI=1S/C14H24O4/c1-2-3-4-5-6-7-14(8-9-14)12(13(17)18)11(16)10-15/h12,15H,2-10H2,1H3,(H,17,18). The van der Waals surface area contributed by atoms with Crippen LogP contribution >= 0.6 is 0 Å². The van der Waals surface area contributed by atoms with Crippen LogP contribution in [0, 0.1) is 11.3 Å². The Morgan fingerprint density at radius 3 is 2.22 bits per heavy atom. The number of aliphatic hydroxyl groups is 1. The van der Waals surface area contributed by atoms with Crippen LogP contribution in [0.25, 0.3) is 0 Å². The highest BCUT2D eigenvalue weighted by atomic mass is 16.4. The lowest BCUT2D eigenvalue weighted by molar-refractivity contribution is -0.150. The molecule has 0 bridgehead atoms. The first-order valence-electron chi connectivity index (χ1n) is 6.94. The summed E-state index contributed by atoms with van der Waals surface area (Å²) in [5, 5.41) is 18.0. The molecule has 1 aliphatic rings. The van der Waals surface area contributed by atoms with Crippen molar-refractivity contribution in [2.24, 2.45) is 11.3 Å². The van der Waals surface area contributed by atoms with Crippen molar-refractivity contribution in [1.29, 1.82) is 0 Å². The lowest BCUT2D eigenvalue weighted by Gasteiger charge is -2.21. The third kappa shape index (κ3) is 3.80. The number of aliphatic hydroxyl groups excluding tert-OH is 1. The van der Waals surface area contributed by atoms with Crippen molar-refractivity contribution in [3.8, 4) is 0 Å². The zero-order valence-corrected chi connectivity index (χ0v) is 11.2. The smallest absolute Gasteiger partial charge is 0.314 e. The average Bonchev–Trinajstić information content (AvgIpc) is 3.09. The maximum Gasteiger partial charge on any atom is 0.314 e. The number of carbonyl (C=O) groups is 2. The summed E-state index contributed by atoms with van der Waals surface area (Å²) < 4.78 is 0. The van der Waals surface area contributed by atoms with Gasteiger partial charge in [0.05, 0.1) is 0 Å². The number of carbonyl (C=O) groups excluding carboxylic acids is 1. The molecule has 1 fully saturated rings. The predicted molar refractivity (Wildman–Crippen MR) is 68.3 cm³/mol. The van der Waals surface area contributed by atoms with Gasteiger partial charge in [0.15, 0.2) is 5.78 Å². The number of rotatable bonds is 10. The molecule has 104 valence electrons. The molecular formula is C14H24O4. The molecule has 0 spiro atoms. The Morgan fingerprint density at radius 1 is 1.17 bits per heavy atom. The van der Waals surface area contributed by atoms with Crippen molar-refractivity contribution in [3.63, 3.8) is 0 Å². The molecule has 0 aromatic heterocycles. The summed E-state index contributed by atoms with van der Waals surface area (Å²) in [5.41, 5.74) is -0.349. The SMILES string of the molecule is CCCCCCCC1(C(C(=O)O)C(=O)CO)CC1. The summed E-state index contributed by atoms with van der Waals surface area (Å²) in [6.45, 7) is 1.50. The molecule has 1 aliphatic carbocycles. The van der Waals surface area contributed by atoms with Crippen LogP contribution in [0.4, 0.5) is 0 Å². The molecule has 0 aromatic carbocycles. The summed E-state index contributed by atoms with van der Waals surface area (Å²) >= 11 is 0. The molecule has 1 atom stereocenters. The Hall–Kier alpha value is -0.900. The van der Waals surface area contributed by atoms with E-state index < -0.39 is 24.3 Å². The number of carboxylic acid groups (broad SMARTS) is 1. The minimum Gasteiger partial charge on any atom is -0.481 e. The number of aliphatic carboxylic acids is 1. The quantitative estimate of drug-likeness (QED) is 0.465. The van der Waals surface area contributed by atoms with E-state index in [1.807, 2.05) is 0 Å². The summed E-state index contributed by atoms with van der Waals surface area (Å²) in [5.74, 6) is -2.60. The zero-order chi connectivity index (χ0) is 13.6. The lowest BCUT2D eigenvalue weighted by Crippen LogP contribution is -2.34. The summed E-state index contributed by atoms with van der Waals surface area (Å²) in [4.78, 5) is 22.7. The summed E-state index contributed by atoms with van der Waals surface area (Å²) in [7, 11) is 0. The Morgan fingerprint density at radius 2 is 1.78 bits per heavy atom. The summed E-state index contributed by atoms with van der Waals surface area (Å²) in [6.07, 6.45) is 8.10. The number of ketones is 1. The maximum atomic E-state index is 11.5. The largest absolute Gasteiger partial charge is 0.481 e. The second kappa shape index (κ2) is 6.88. The van der Waals surface area contributed by atoms with Gasteiger partial charge in [0.2, 0.25) is 0 Å². The number of hydrogen-bond acceptors (Lipinski definition) is 3. The molecule has 0 amide bonds. The number of carboxylic acids is 1. The Balaban J connectivity index is 2.46. The van der Waals surface area contributed by atoms with Gasteiger partial charge in [-0.15, -0.1) is 0 Å². The van der Waals surface area contributed by atoms with Gasteiger partial charge < -0.3 is 10.2 Å². The van der Waals surface area contributed by atoms with Crippen LogP contribution < -0.4 is 0 Å². The fraction of sp³-hybridized carbons (Fsp3) is 0.857. The fourth-order valence-corrected chi connectivity index (χ4v) is 2.76. The van der Waals surface area contributed by atoms with Crippen LogP contribution in [-0.2, 0) is 9.59 Å². The third-order valence-corrected chi connectivity index (χ3v) is 4.01. The van der Waals surface area contributed by atoms with Crippen LogP contribution in [0.1, 0.15) is 58.3 Å². The Kier molecular flexibility index (Phi) is 5.79. The van der Waals surface area contributed by atoms with Gasteiger partial charge in [0.1, 0.15) is 12.5 Å². The van der Waals surface area contributed by atoms with Gasteiger partial charge in [-0.1, -0.05) is 39.0 Å². The van der Waals surface area contributed by atoms with E-state index in [4.69, 9.17) is 10.2 Å². The van der Waals surface area contributed by atoms with Gasteiger partial charge in [-0.25, -0.2) is 0 Å². The van der Waals surface area contributed by atoms with E-state index in [0.29, 0.717) is 0 Å². The Bertz CT molecular complexity index is 294. The van der Waals surface area contributed by atoms with Crippen LogP contribution in [-0.4, -0.2) is 28.6 Å². The van der Waals surface area contributed by atoms with Gasteiger partial charge in [-0.2, -0.15) is 0 Å². The second-order valence-corrected chi connectivity index (χ2v) is 5.42. The Labute approximate surface area is 108 Å². The van der Waals surface area contributed by atoms with Gasteiger partial charge in [-0.05, 0) is 24.7 Å². The molecule has 2 N–H and O–H groups in total. The predicted octanol–water partition coefficient (Wildman–Crippen LogP) is 2.39. The summed E-state index contributed by atoms with van der Waals surface area (Å²) in [6, 6.07) is 0. The van der Waals surface area contributed by atoms with Crippen LogP contribution in [0.15, 0.2) is 0 Å². The monoisotopic (exact) mass is 256 g/mol. The normalized spacial score (nSPS) is 18.3. The highest BCUT2D eigenvalue weighted by molar-refractivity contribution is 6.00. The average molecular weight is 256 g/mol. The molecule has 1 unspecified atom stereocenters. The van der Waals surface area contributed by atoms with E-state index in [2.05, 4.69) is 6.92 Å². The lowest BCUT2D eigenvalue weighted by atomic mass is 9.81. The molecule has 18 heavy (non-hydrogen) atoms. The highest BCUT2D eigenvalue weighted by Crippen LogP contribution is 2.56. The molecule has 0 aromatic rings. The molecule has 1 rings (SSSR count). The molecular weight excluding hydrogens is 232 g/mol. The molecule has 4 heteroatoms. The van der Waals surface area contributed by atoms with Crippen LogP contribution in [0.2, 0.25) is 0 Å². The van der Waals surface area contributed by atoms with Crippen LogP contribution in [0.5, 0.6) is 0 Å². The first-order chi connectivity index (χ1) is 8.57. The fourth-order valence-electron chi connectivity index (χ4n) is 2.76. The molecule has 1 saturated carbocycles. The van der Waals surface area contributed by atoms with Crippen molar-refractivity contribution in [2.75, 3.05) is 6.61 Å². The third-order valence-electron chi connectivity index (χ3n) is 4.01. The van der Waals surface area contributed by atoms with Gasteiger partial charge in [0.25, 0.3) is 0 Å². The first kappa shape index (κ1) is 15.2. The van der Waals surface area contributed by atoms with E-state index in [0.717, 1.165) is 32.1 Å². The van der Waals surface area contributed by atoms with E-state index in [1.54, 1.807) is 0 Å². The van der Waals surface area contributed by atoms with Gasteiger partial charge >= 0.3 is 5.97 Å². The molecule has 0 radical (unpaired) electrons. The molecule has 0 heterocycles. The molecule has 4 nitrogen and oxygen atoms in total. The second-order valence-electron chi connectivity index (χ2n) is 5.42.